The van der Waals surface area contributed by atoms with Crippen LogP contribution in [0.15, 0.2) is 0 Å². The average Bonchev–Trinajstić information content (AvgIpc) is 2.25. The maximum Gasteiger partial charge on any atom is 0.329 e. The monoisotopic (exact) mass is 324 g/mol. The smallest absolute Gasteiger partial charge is 0.329 e. The summed E-state index contributed by atoms with van der Waals surface area (Å²) in [6.07, 6.45) is -0.108. The van der Waals surface area contributed by atoms with Gasteiger partial charge < -0.3 is 14.3 Å². The standard InChI is InChI=1S/C12H24O4S2Si/c1-12(2,3)19(4,5)16-10-8-18-17-7-9(10)15-6-11(13)14/h9-10H,6-8H2,1-5H3,(H,13,14)/t9-,10-/m0/s1. The zero-order valence-electron chi connectivity index (χ0n) is 12.3. The van der Waals surface area contributed by atoms with Crippen LogP contribution in [0.2, 0.25) is 18.1 Å². The Morgan fingerprint density at radius 1 is 1.26 bits per heavy atom. The molecule has 2 atom stereocenters. The summed E-state index contributed by atoms with van der Waals surface area (Å²) in [5, 5.41) is 8.88. The highest BCUT2D eigenvalue weighted by atomic mass is 33.1. The van der Waals surface area contributed by atoms with E-state index >= 15 is 0 Å². The molecule has 1 aliphatic rings. The third-order valence-electron chi connectivity index (χ3n) is 3.64. The van der Waals surface area contributed by atoms with E-state index in [0.29, 0.717) is 0 Å². The van der Waals surface area contributed by atoms with Gasteiger partial charge in [-0.25, -0.2) is 4.79 Å². The number of ether oxygens (including phenoxy) is 1. The van der Waals surface area contributed by atoms with Crippen molar-refractivity contribution >= 4 is 35.9 Å². The fourth-order valence-corrected chi connectivity index (χ4v) is 5.35. The van der Waals surface area contributed by atoms with E-state index in [-0.39, 0.29) is 23.9 Å². The van der Waals surface area contributed by atoms with Crippen LogP contribution >= 0.6 is 21.6 Å². The summed E-state index contributed by atoms with van der Waals surface area (Å²) in [6, 6.07) is 0. The second-order valence-electron chi connectivity index (χ2n) is 6.23. The molecule has 7 heteroatoms. The molecule has 0 saturated carbocycles. The predicted octanol–water partition coefficient (Wildman–Crippen LogP) is 3.24. The first-order valence-electron chi connectivity index (χ1n) is 6.39. The molecule has 1 rings (SSSR count). The Bertz CT molecular complexity index is 317. The highest BCUT2D eigenvalue weighted by Crippen LogP contribution is 2.40. The summed E-state index contributed by atoms with van der Waals surface area (Å²) < 4.78 is 11.9. The van der Waals surface area contributed by atoms with Gasteiger partial charge in [0.1, 0.15) is 6.61 Å². The number of rotatable bonds is 5. The SMILES string of the molecule is CC(C)(C)[Si](C)(C)O[C@H]1CSSC[C@@H]1OCC(=O)O. The molecule has 0 unspecified atom stereocenters. The summed E-state index contributed by atoms with van der Waals surface area (Å²) in [5.41, 5.74) is 0. The van der Waals surface area contributed by atoms with Crippen LogP contribution in [-0.4, -0.2) is 49.7 Å². The molecular formula is C12H24O4S2Si. The van der Waals surface area contributed by atoms with Gasteiger partial charge in [0.25, 0.3) is 0 Å². The largest absolute Gasteiger partial charge is 0.480 e. The first-order valence-corrected chi connectivity index (χ1v) is 11.8. The highest BCUT2D eigenvalue weighted by molar-refractivity contribution is 8.76. The number of carbonyl (C=O) groups is 1. The Hall–Kier alpha value is 0.307. The molecule has 1 heterocycles. The average molecular weight is 325 g/mol. The van der Waals surface area contributed by atoms with E-state index < -0.39 is 14.3 Å². The van der Waals surface area contributed by atoms with E-state index in [0.717, 1.165) is 11.5 Å². The maximum atomic E-state index is 10.6. The molecule has 0 aromatic carbocycles. The van der Waals surface area contributed by atoms with E-state index in [4.69, 9.17) is 14.3 Å². The number of hydrogen-bond acceptors (Lipinski definition) is 5. The van der Waals surface area contributed by atoms with Gasteiger partial charge in [-0.15, -0.1) is 0 Å². The van der Waals surface area contributed by atoms with E-state index in [1.165, 1.54) is 0 Å². The summed E-state index contributed by atoms with van der Waals surface area (Å²) in [6.45, 7) is 10.8. The molecular weight excluding hydrogens is 300 g/mol. The quantitative estimate of drug-likeness (QED) is 0.619. The van der Waals surface area contributed by atoms with Crippen molar-refractivity contribution in [1.82, 2.24) is 0 Å². The van der Waals surface area contributed by atoms with E-state index in [9.17, 15) is 4.79 Å². The van der Waals surface area contributed by atoms with Crippen molar-refractivity contribution < 1.29 is 19.1 Å². The van der Waals surface area contributed by atoms with Crippen LogP contribution in [0.1, 0.15) is 20.8 Å². The molecule has 1 saturated heterocycles. The lowest BCUT2D eigenvalue weighted by Crippen LogP contribution is -2.50. The Balaban J connectivity index is 2.64. The number of carboxylic acids is 1. The first kappa shape index (κ1) is 17.4. The van der Waals surface area contributed by atoms with Crippen molar-refractivity contribution in [2.45, 2.75) is 51.1 Å². The zero-order chi connectivity index (χ0) is 14.7. The molecule has 112 valence electrons. The molecule has 1 N–H and O–H groups in total. The van der Waals surface area contributed by atoms with Crippen LogP contribution in [0.25, 0.3) is 0 Å². The second-order valence-corrected chi connectivity index (χ2v) is 13.5. The van der Waals surface area contributed by atoms with Gasteiger partial charge in [0.05, 0.1) is 12.2 Å². The number of carboxylic acid groups (broad SMARTS) is 1. The predicted molar refractivity (Wildman–Crippen MR) is 84.4 cm³/mol. The molecule has 0 aliphatic carbocycles. The van der Waals surface area contributed by atoms with E-state index in [1.807, 2.05) is 0 Å². The third-order valence-corrected chi connectivity index (χ3v) is 10.6. The minimum absolute atomic E-state index is 0.00601. The van der Waals surface area contributed by atoms with E-state index in [2.05, 4.69) is 33.9 Å². The maximum absolute atomic E-state index is 10.6. The summed E-state index contributed by atoms with van der Waals surface area (Å²) in [4.78, 5) is 10.6. The zero-order valence-corrected chi connectivity index (χ0v) is 14.9. The Morgan fingerprint density at radius 3 is 2.26 bits per heavy atom. The van der Waals surface area contributed by atoms with Gasteiger partial charge in [-0.05, 0) is 18.1 Å². The van der Waals surface area contributed by atoms with Crippen LogP contribution in [0, 0.1) is 0 Å². The summed E-state index contributed by atoms with van der Waals surface area (Å²) in [5.74, 6) is 0.730. The van der Waals surface area contributed by atoms with Crippen LogP contribution in [-0.2, 0) is 14.0 Å². The van der Waals surface area contributed by atoms with Crippen molar-refractivity contribution in [3.05, 3.63) is 0 Å². The summed E-state index contributed by atoms with van der Waals surface area (Å²) >= 11 is 0. The van der Waals surface area contributed by atoms with Crippen LogP contribution in [0.5, 0.6) is 0 Å². The molecule has 0 radical (unpaired) electrons. The van der Waals surface area contributed by atoms with Crippen LogP contribution in [0.4, 0.5) is 0 Å². The third kappa shape index (κ3) is 5.30. The molecule has 0 aromatic heterocycles. The number of hydrogen-bond donors (Lipinski definition) is 1. The highest BCUT2D eigenvalue weighted by Gasteiger charge is 2.41. The van der Waals surface area contributed by atoms with Gasteiger partial charge in [0.15, 0.2) is 8.32 Å². The molecule has 0 aromatic rings. The van der Waals surface area contributed by atoms with Crippen molar-refractivity contribution in [1.29, 1.82) is 0 Å². The molecule has 4 nitrogen and oxygen atoms in total. The lowest BCUT2D eigenvalue weighted by molar-refractivity contribution is -0.145. The van der Waals surface area contributed by atoms with Crippen molar-refractivity contribution in [3.63, 3.8) is 0 Å². The fourth-order valence-electron chi connectivity index (χ4n) is 1.44. The van der Waals surface area contributed by atoms with Crippen LogP contribution in [0.3, 0.4) is 0 Å². The molecule has 0 amide bonds. The fraction of sp³-hybridized carbons (Fsp3) is 0.917. The molecule has 0 spiro atoms. The normalized spacial score (nSPS) is 25.3. The minimum Gasteiger partial charge on any atom is -0.480 e. The molecule has 19 heavy (non-hydrogen) atoms. The molecule has 1 aliphatic heterocycles. The molecule has 1 fully saturated rings. The van der Waals surface area contributed by atoms with Crippen LogP contribution < -0.4 is 0 Å². The minimum atomic E-state index is -1.84. The van der Waals surface area contributed by atoms with Gasteiger partial charge in [-0.3, -0.25) is 0 Å². The Morgan fingerprint density at radius 2 is 1.79 bits per heavy atom. The van der Waals surface area contributed by atoms with Crippen molar-refractivity contribution in [2.24, 2.45) is 0 Å². The van der Waals surface area contributed by atoms with Crippen molar-refractivity contribution in [3.8, 4) is 0 Å². The van der Waals surface area contributed by atoms with Gasteiger partial charge in [0.2, 0.25) is 0 Å². The molecule has 0 bridgehead atoms. The second kappa shape index (κ2) is 6.84. The van der Waals surface area contributed by atoms with Gasteiger partial charge >= 0.3 is 5.97 Å². The van der Waals surface area contributed by atoms with E-state index in [1.54, 1.807) is 21.6 Å². The first-order chi connectivity index (χ1) is 8.63. The van der Waals surface area contributed by atoms with Crippen molar-refractivity contribution in [2.75, 3.05) is 18.1 Å². The van der Waals surface area contributed by atoms with Gasteiger partial charge in [0, 0.05) is 11.5 Å². The lowest BCUT2D eigenvalue weighted by Gasteiger charge is -2.42. The Kier molecular flexibility index (Phi) is 6.25. The van der Waals surface area contributed by atoms with Gasteiger partial charge in [-0.1, -0.05) is 42.4 Å². The summed E-state index contributed by atoms with van der Waals surface area (Å²) in [7, 11) is 1.66. The number of aliphatic carboxylic acids is 1. The Labute approximate surface area is 124 Å². The lowest BCUT2D eigenvalue weighted by atomic mass is 10.2. The van der Waals surface area contributed by atoms with Gasteiger partial charge in [-0.2, -0.15) is 0 Å². The topological polar surface area (TPSA) is 55.8 Å².